The summed E-state index contributed by atoms with van der Waals surface area (Å²) in [7, 11) is 1.44. The van der Waals surface area contributed by atoms with Gasteiger partial charge < -0.3 is 4.74 Å². The molecule has 0 saturated heterocycles. The fraction of sp³-hybridized carbons (Fsp3) is 0.188. The lowest BCUT2D eigenvalue weighted by Gasteiger charge is -2.09. The van der Waals surface area contributed by atoms with Gasteiger partial charge in [0, 0.05) is 17.8 Å². The number of aryl methyl sites for hydroxylation is 1. The third kappa shape index (κ3) is 2.36. The van der Waals surface area contributed by atoms with Crippen LogP contribution in [-0.4, -0.2) is 16.7 Å². The second kappa shape index (κ2) is 5.37. The monoisotopic (exact) mass is 304 g/mol. The lowest BCUT2D eigenvalue weighted by molar-refractivity contribution is 0.387. The number of hydrogen-bond donors (Lipinski definition) is 0. The zero-order valence-electron chi connectivity index (χ0n) is 11.7. The summed E-state index contributed by atoms with van der Waals surface area (Å²) in [4.78, 5) is 4.41. The zero-order valence-corrected chi connectivity index (χ0v) is 12.5. The maximum atomic E-state index is 13.8. The summed E-state index contributed by atoms with van der Waals surface area (Å²) in [6, 6.07) is 11.0. The molecule has 0 radical (unpaired) electrons. The van der Waals surface area contributed by atoms with Gasteiger partial charge >= 0.3 is 0 Å². The summed E-state index contributed by atoms with van der Waals surface area (Å²) >= 11 is 6.00. The summed E-state index contributed by atoms with van der Waals surface area (Å²) in [6.07, 6.45) is 0. The Bertz CT molecular complexity index is 813. The van der Waals surface area contributed by atoms with Crippen LogP contribution in [0.15, 0.2) is 36.4 Å². The Morgan fingerprint density at radius 1 is 1.29 bits per heavy atom. The molecule has 2 aromatic carbocycles. The molecule has 1 heterocycles. The van der Waals surface area contributed by atoms with Gasteiger partial charge in [-0.2, -0.15) is 0 Å². The first-order valence-electron chi connectivity index (χ1n) is 6.52. The molecule has 0 aliphatic carbocycles. The fourth-order valence-electron chi connectivity index (χ4n) is 2.43. The van der Waals surface area contributed by atoms with Gasteiger partial charge in [0.1, 0.15) is 5.82 Å². The minimum atomic E-state index is -0.431. The first kappa shape index (κ1) is 13.9. The number of aromatic nitrogens is 2. The molecule has 0 amide bonds. The second-order valence-corrected chi connectivity index (χ2v) is 5.08. The highest BCUT2D eigenvalue weighted by Gasteiger charge is 2.15. The van der Waals surface area contributed by atoms with Crippen LogP contribution in [0.3, 0.4) is 0 Å². The van der Waals surface area contributed by atoms with Crippen LogP contribution in [0.4, 0.5) is 4.39 Å². The van der Waals surface area contributed by atoms with Gasteiger partial charge in [0.2, 0.25) is 0 Å². The number of hydrogen-bond acceptors (Lipinski definition) is 2. The number of methoxy groups -OCH3 is 1. The molecule has 3 nitrogen and oxygen atoms in total. The predicted octanol–water partition coefficient (Wildman–Crippen LogP) is 4.22. The van der Waals surface area contributed by atoms with Crippen LogP contribution >= 0.6 is 11.6 Å². The molecule has 21 heavy (non-hydrogen) atoms. The van der Waals surface area contributed by atoms with E-state index >= 15 is 0 Å². The SMILES string of the molecule is COc1cc2c(cc1F)nc(CCl)n2-c1cccc(C)c1. The molecule has 0 unspecified atom stereocenters. The molecule has 108 valence electrons. The van der Waals surface area contributed by atoms with Gasteiger partial charge in [-0.15, -0.1) is 11.6 Å². The number of rotatable bonds is 3. The van der Waals surface area contributed by atoms with E-state index in [0.29, 0.717) is 11.3 Å². The van der Waals surface area contributed by atoms with Gasteiger partial charge in [0.15, 0.2) is 11.6 Å². The van der Waals surface area contributed by atoms with Crippen molar-refractivity contribution in [2.45, 2.75) is 12.8 Å². The molecule has 3 aromatic rings. The van der Waals surface area contributed by atoms with Crippen LogP contribution in [-0.2, 0) is 5.88 Å². The molecular weight excluding hydrogens is 291 g/mol. The topological polar surface area (TPSA) is 27.1 Å². The quantitative estimate of drug-likeness (QED) is 0.677. The van der Waals surface area contributed by atoms with E-state index in [9.17, 15) is 4.39 Å². The number of nitrogens with zero attached hydrogens (tertiary/aromatic N) is 2. The molecule has 3 rings (SSSR count). The zero-order chi connectivity index (χ0) is 15.0. The summed E-state index contributed by atoms with van der Waals surface area (Å²) < 4.78 is 20.8. The minimum Gasteiger partial charge on any atom is -0.494 e. The third-order valence-electron chi connectivity index (χ3n) is 3.38. The molecular formula is C16H14ClFN2O. The van der Waals surface area contributed by atoms with Crippen LogP contribution < -0.4 is 4.74 Å². The average Bonchev–Trinajstić information content (AvgIpc) is 2.83. The van der Waals surface area contributed by atoms with Gasteiger partial charge in [0.05, 0.1) is 24.0 Å². The van der Waals surface area contributed by atoms with Crippen LogP contribution in [0.25, 0.3) is 16.7 Å². The highest BCUT2D eigenvalue weighted by atomic mass is 35.5. The van der Waals surface area contributed by atoms with Crippen LogP contribution in [0.2, 0.25) is 0 Å². The van der Waals surface area contributed by atoms with Crippen molar-refractivity contribution < 1.29 is 9.13 Å². The summed E-state index contributed by atoms with van der Waals surface area (Å²) in [5, 5.41) is 0. The highest BCUT2D eigenvalue weighted by molar-refractivity contribution is 6.17. The molecule has 0 N–H and O–H groups in total. The number of benzene rings is 2. The first-order valence-corrected chi connectivity index (χ1v) is 7.05. The number of imidazole rings is 1. The lowest BCUT2D eigenvalue weighted by Crippen LogP contribution is -1.99. The van der Waals surface area contributed by atoms with Gasteiger partial charge in [-0.05, 0) is 24.6 Å². The maximum absolute atomic E-state index is 13.8. The first-order chi connectivity index (χ1) is 10.1. The van der Waals surface area contributed by atoms with E-state index in [2.05, 4.69) is 4.98 Å². The maximum Gasteiger partial charge on any atom is 0.167 e. The molecule has 0 atom stereocenters. The van der Waals surface area contributed by atoms with Crippen molar-refractivity contribution >= 4 is 22.6 Å². The Labute approximate surface area is 126 Å². The number of halogens is 2. The summed E-state index contributed by atoms with van der Waals surface area (Å²) in [5.74, 6) is 0.675. The van der Waals surface area contributed by atoms with Gasteiger partial charge in [-0.3, -0.25) is 4.57 Å². The van der Waals surface area contributed by atoms with Crippen molar-refractivity contribution in [1.29, 1.82) is 0 Å². The van der Waals surface area contributed by atoms with Crippen molar-refractivity contribution in [3.8, 4) is 11.4 Å². The van der Waals surface area contributed by atoms with Crippen LogP contribution in [0.5, 0.6) is 5.75 Å². The summed E-state index contributed by atoms with van der Waals surface area (Å²) in [5.41, 5.74) is 3.41. The van der Waals surface area contributed by atoms with E-state index in [0.717, 1.165) is 16.8 Å². The number of alkyl halides is 1. The van der Waals surface area contributed by atoms with E-state index < -0.39 is 5.82 Å². The molecule has 0 spiro atoms. The third-order valence-corrected chi connectivity index (χ3v) is 3.62. The Morgan fingerprint density at radius 3 is 2.76 bits per heavy atom. The standard InChI is InChI=1S/C16H14ClFN2O/c1-10-4-3-5-11(6-10)20-14-8-15(21-2)12(18)7-13(14)19-16(20)9-17/h3-8H,9H2,1-2H3. The molecule has 0 bridgehead atoms. The Kier molecular flexibility index (Phi) is 3.55. The van der Waals surface area contributed by atoms with Gasteiger partial charge in [0.25, 0.3) is 0 Å². The fourth-order valence-corrected chi connectivity index (χ4v) is 2.61. The lowest BCUT2D eigenvalue weighted by atomic mass is 10.2. The number of fused-ring (bicyclic) bond motifs is 1. The van der Waals surface area contributed by atoms with Crippen molar-refractivity contribution in [1.82, 2.24) is 9.55 Å². The van der Waals surface area contributed by atoms with Gasteiger partial charge in [-0.25, -0.2) is 9.37 Å². The number of ether oxygens (including phenoxy) is 1. The minimum absolute atomic E-state index is 0.192. The average molecular weight is 305 g/mol. The molecule has 0 aliphatic heterocycles. The van der Waals surface area contributed by atoms with E-state index in [1.807, 2.05) is 35.8 Å². The van der Waals surface area contributed by atoms with E-state index in [1.165, 1.54) is 13.2 Å². The Morgan fingerprint density at radius 2 is 2.10 bits per heavy atom. The Hall–Kier alpha value is -2.07. The molecule has 0 aliphatic rings. The van der Waals surface area contributed by atoms with Crippen molar-refractivity contribution in [3.05, 3.63) is 53.6 Å². The van der Waals surface area contributed by atoms with Crippen molar-refractivity contribution in [2.24, 2.45) is 0 Å². The highest BCUT2D eigenvalue weighted by Crippen LogP contribution is 2.28. The summed E-state index contributed by atoms with van der Waals surface area (Å²) in [6.45, 7) is 2.02. The molecule has 1 aromatic heterocycles. The predicted molar refractivity (Wildman–Crippen MR) is 81.9 cm³/mol. The Balaban J connectivity index is 2.34. The van der Waals surface area contributed by atoms with E-state index in [1.54, 1.807) is 6.07 Å². The van der Waals surface area contributed by atoms with Crippen LogP contribution in [0.1, 0.15) is 11.4 Å². The van der Waals surface area contributed by atoms with Crippen LogP contribution in [0, 0.1) is 12.7 Å². The normalized spacial score (nSPS) is 11.0. The van der Waals surface area contributed by atoms with Crippen molar-refractivity contribution in [2.75, 3.05) is 7.11 Å². The molecule has 0 saturated carbocycles. The largest absolute Gasteiger partial charge is 0.494 e. The molecule has 5 heteroatoms. The van der Waals surface area contributed by atoms with Crippen molar-refractivity contribution in [3.63, 3.8) is 0 Å². The second-order valence-electron chi connectivity index (χ2n) is 4.81. The van der Waals surface area contributed by atoms with E-state index in [-0.39, 0.29) is 11.6 Å². The van der Waals surface area contributed by atoms with E-state index in [4.69, 9.17) is 16.3 Å². The van der Waals surface area contributed by atoms with Gasteiger partial charge in [-0.1, -0.05) is 12.1 Å². The molecule has 0 fully saturated rings. The smallest absolute Gasteiger partial charge is 0.167 e.